The van der Waals surface area contributed by atoms with Gasteiger partial charge in [-0.25, -0.2) is 0 Å². The summed E-state index contributed by atoms with van der Waals surface area (Å²) in [5.74, 6) is 0. The van der Waals surface area contributed by atoms with Crippen LogP contribution >= 0.6 is 15.9 Å². The van der Waals surface area contributed by atoms with Gasteiger partial charge in [-0.3, -0.25) is 0 Å². The molecule has 0 saturated heterocycles. The highest BCUT2D eigenvalue weighted by molar-refractivity contribution is 9.10. The minimum atomic E-state index is 1.11. The van der Waals surface area contributed by atoms with Crippen LogP contribution in [0.15, 0.2) is 22.7 Å². The van der Waals surface area contributed by atoms with Gasteiger partial charge < -0.3 is 0 Å². The van der Waals surface area contributed by atoms with E-state index in [0.717, 1.165) is 6.42 Å². The van der Waals surface area contributed by atoms with Gasteiger partial charge in [-0.2, -0.15) is 0 Å². The second-order valence-electron chi connectivity index (χ2n) is 5.26. The Labute approximate surface area is 120 Å². The molecular formula is C17H23Br. The van der Waals surface area contributed by atoms with Crippen LogP contribution in [0.25, 0.3) is 6.08 Å². The molecule has 1 aromatic rings. The smallest absolute Gasteiger partial charge is 0.0181 e. The van der Waals surface area contributed by atoms with E-state index in [-0.39, 0.29) is 0 Å². The third kappa shape index (κ3) is 3.71. The summed E-state index contributed by atoms with van der Waals surface area (Å²) in [4.78, 5) is 0. The van der Waals surface area contributed by atoms with Crippen molar-refractivity contribution in [3.05, 3.63) is 39.4 Å². The lowest BCUT2D eigenvalue weighted by molar-refractivity contribution is 0.607. The molecule has 0 amide bonds. The van der Waals surface area contributed by atoms with Gasteiger partial charge in [0.05, 0.1) is 0 Å². The van der Waals surface area contributed by atoms with E-state index in [2.05, 4.69) is 47.1 Å². The van der Waals surface area contributed by atoms with E-state index >= 15 is 0 Å². The Morgan fingerprint density at radius 2 is 1.83 bits per heavy atom. The van der Waals surface area contributed by atoms with E-state index in [1.54, 1.807) is 0 Å². The van der Waals surface area contributed by atoms with E-state index < -0.39 is 0 Å². The number of halogens is 1. The van der Waals surface area contributed by atoms with Gasteiger partial charge >= 0.3 is 0 Å². The normalized spacial score (nSPS) is 13.0. The third-order valence-electron chi connectivity index (χ3n) is 3.74. The number of allylic oxidation sites excluding steroid dienone is 1. The Hall–Kier alpha value is -0.560. The first-order valence-electron chi connectivity index (χ1n) is 7.29. The molecule has 2 rings (SSSR count). The first-order valence-corrected chi connectivity index (χ1v) is 8.08. The summed E-state index contributed by atoms with van der Waals surface area (Å²) in [5.41, 5.74) is 4.51. The SMILES string of the molecule is CCCCCCCCc1cc(Br)cc2c1C=CC2. The van der Waals surface area contributed by atoms with Crippen molar-refractivity contribution in [3.63, 3.8) is 0 Å². The van der Waals surface area contributed by atoms with Gasteiger partial charge in [-0.05, 0) is 48.1 Å². The Kier molecular flexibility index (Phi) is 5.49. The molecule has 0 N–H and O–H groups in total. The predicted octanol–water partition coefficient (Wildman–Crippen LogP) is 5.92. The predicted molar refractivity (Wildman–Crippen MR) is 84.0 cm³/mol. The zero-order valence-corrected chi connectivity index (χ0v) is 12.9. The van der Waals surface area contributed by atoms with Crippen LogP contribution in [-0.4, -0.2) is 0 Å². The van der Waals surface area contributed by atoms with Crippen LogP contribution in [0.1, 0.15) is 62.1 Å². The van der Waals surface area contributed by atoms with Crippen LogP contribution in [0.3, 0.4) is 0 Å². The molecule has 0 nitrogen and oxygen atoms in total. The van der Waals surface area contributed by atoms with E-state index in [4.69, 9.17) is 0 Å². The van der Waals surface area contributed by atoms with Crippen molar-refractivity contribution < 1.29 is 0 Å². The lowest BCUT2D eigenvalue weighted by atomic mass is 9.98. The lowest BCUT2D eigenvalue weighted by Gasteiger charge is -2.09. The van der Waals surface area contributed by atoms with Crippen molar-refractivity contribution in [2.45, 2.75) is 58.3 Å². The number of rotatable bonds is 7. The molecule has 0 heterocycles. The van der Waals surface area contributed by atoms with Crippen molar-refractivity contribution in [2.75, 3.05) is 0 Å². The van der Waals surface area contributed by atoms with Crippen LogP contribution in [0, 0.1) is 0 Å². The first kappa shape index (κ1) is 13.9. The number of unbranched alkanes of at least 4 members (excludes halogenated alkanes) is 5. The van der Waals surface area contributed by atoms with Crippen molar-refractivity contribution in [1.29, 1.82) is 0 Å². The Balaban J connectivity index is 1.84. The summed E-state index contributed by atoms with van der Waals surface area (Å²) >= 11 is 3.63. The molecule has 98 valence electrons. The maximum atomic E-state index is 3.63. The van der Waals surface area contributed by atoms with Crippen molar-refractivity contribution in [3.8, 4) is 0 Å². The fraction of sp³-hybridized carbons (Fsp3) is 0.529. The van der Waals surface area contributed by atoms with Gasteiger partial charge in [0.15, 0.2) is 0 Å². The maximum Gasteiger partial charge on any atom is 0.0181 e. The van der Waals surface area contributed by atoms with E-state index in [1.807, 2.05) is 0 Å². The summed E-state index contributed by atoms with van der Waals surface area (Å²) < 4.78 is 1.24. The van der Waals surface area contributed by atoms with Crippen LogP contribution in [-0.2, 0) is 12.8 Å². The molecule has 0 unspecified atom stereocenters. The Morgan fingerprint density at radius 3 is 2.67 bits per heavy atom. The zero-order chi connectivity index (χ0) is 12.8. The van der Waals surface area contributed by atoms with E-state index in [1.165, 1.54) is 66.1 Å². The van der Waals surface area contributed by atoms with Crippen molar-refractivity contribution in [2.24, 2.45) is 0 Å². The summed E-state index contributed by atoms with van der Waals surface area (Å²) in [7, 11) is 0. The Bertz CT molecular complexity index is 418. The molecule has 0 fully saturated rings. The molecule has 18 heavy (non-hydrogen) atoms. The van der Waals surface area contributed by atoms with Crippen LogP contribution < -0.4 is 0 Å². The van der Waals surface area contributed by atoms with Crippen LogP contribution in [0.5, 0.6) is 0 Å². The fourth-order valence-corrected chi connectivity index (χ4v) is 3.28. The average Bonchev–Trinajstić information content (AvgIpc) is 2.81. The number of hydrogen-bond acceptors (Lipinski definition) is 0. The molecular weight excluding hydrogens is 284 g/mol. The molecule has 0 spiro atoms. The molecule has 1 aliphatic rings. The fourth-order valence-electron chi connectivity index (χ4n) is 2.73. The largest absolute Gasteiger partial charge is 0.0795 e. The molecule has 0 radical (unpaired) electrons. The maximum absolute atomic E-state index is 3.63. The van der Waals surface area contributed by atoms with Gasteiger partial charge in [-0.1, -0.05) is 67.1 Å². The molecule has 0 bridgehead atoms. The number of fused-ring (bicyclic) bond motifs is 1. The first-order chi connectivity index (χ1) is 8.81. The highest BCUT2D eigenvalue weighted by Crippen LogP contribution is 2.28. The minimum Gasteiger partial charge on any atom is -0.0795 e. The summed E-state index contributed by atoms with van der Waals surface area (Å²) in [6, 6.07) is 4.57. The highest BCUT2D eigenvalue weighted by atomic mass is 79.9. The molecule has 0 aliphatic heterocycles. The van der Waals surface area contributed by atoms with Gasteiger partial charge in [0.1, 0.15) is 0 Å². The number of hydrogen-bond donors (Lipinski definition) is 0. The third-order valence-corrected chi connectivity index (χ3v) is 4.20. The summed E-state index contributed by atoms with van der Waals surface area (Å²) in [5, 5.41) is 0. The molecule has 0 aromatic heterocycles. The minimum absolute atomic E-state index is 1.11. The topological polar surface area (TPSA) is 0 Å². The van der Waals surface area contributed by atoms with E-state index in [0.29, 0.717) is 0 Å². The molecule has 1 heteroatoms. The number of benzene rings is 1. The quantitative estimate of drug-likeness (QED) is 0.548. The average molecular weight is 307 g/mol. The second kappa shape index (κ2) is 7.13. The standard InChI is InChI=1S/C17H23Br/c1-2-3-4-5-6-7-9-14-12-16(18)13-15-10-8-11-17(14)15/h8,11-13H,2-7,9-10H2,1H3. The Morgan fingerprint density at radius 1 is 1.06 bits per heavy atom. The molecule has 0 atom stereocenters. The highest BCUT2D eigenvalue weighted by Gasteiger charge is 2.10. The van der Waals surface area contributed by atoms with E-state index in [9.17, 15) is 0 Å². The van der Waals surface area contributed by atoms with Gasteiger partial charge in [0.25, 0.3) is 0 Å². The summed E-state index contributed by atoms with van der Waals surface area (Å²) in [6.45, 7) is 2.27. The van der Waals surface area contributed by atoms with Crippen molar-refractivity contribution in [1.82, 2.24) is 0 Å². The van der Waals surface area contributed by atoms with Crippen LogP contribution in [0.2, 0.25) is 0 Å². The zero-order valence-electron chi connectivity index (χ0n) is 11.3. The lowest BCUT2D eigenvalue weighted by Crippen LogP contribution is -1.93. The monoisotopic (exact) mass is 306 g/mol. The van der Waals surface area contributed by atoms with Gasteiger partial charge in [0, 0.05) is 4.47 Å². The van der Waals surface area contributed by atoms with Gasteiger partial charge in [-0.15, -0.1) is 0 Å². The van der Waals surface area contributed by atoms with Gasteiger partial charge in [0.2, 0.25) is 0 Å². The molecule has 1 aromatic carbocycles. The van der Waals surface area contributed by atoms with Crippen molar-refractivity contribution >= 4 is 22.0 Å². The molecule has 0 saturated carbocycles. The van der Waals surface area contributed by atoms with Crippen LogP contribution in [0.4, 0.5) is 0 Å². The molecule has 1 aliphatic carbocycles. The number of aryl methyl sites for hydroxylation is 1. The summed E-state index contributed by atoms with van der Waals surface area (Å²) in [6.07, 6.45) is 15.2. The second-order valence-corrected chi connectivity index (χ2v) is 6.18.